The lowest BCUT2D eigenvalue weighted by Gasteiger charge is -2.12. The summed E-state index contributed by atoms with van der Waals surface area (Å²) in [6.07, 6.45) is 0.923. The highest BCUT2D eigenvalue weighted by atomic mass is 16.5. The van der Waals surface area contributed by atoms with Crippen molar-refractivity contribution < 1.29 is 4.74 Å². The van der Waals surface area contributed by atoms with Gasteiger partial charge < -0.3 is 10.1 Å². The number of aryl methyl sites for hydroxylation is 1. The number of nitrogens with one attached hydrogen (secondary N) is 1. The molecule has 0 aliphatic heterocycles. The first kappa shape index (κ1) is 17.2. The minimum Gasteiger partial charge on any atom is -0.493 e. The molecule has 0 aliphatic carbocycles. The molecule has 0 spiro atoms. The summed E-state index contributed by atoms with van der Waals surface area (Å²) in [4.78, 5) is 0. The standard InChI is InChI=1S/C23H25NO/c1-19-8-7-11-21(16-19)17-24-18-22-12-5-6-13-23(22)25-15-14-20-9-3-2-4-10-20/h2-13,16,24H,14-15,17-18H2,1H3. The molecule has 0 saturated carbocycles. The number of hydrogen-bond acceptors (Lipinski definition) is 2. The van der Waals surface area contributed by atoms with Gasteiger partial charge in [-0.3, -0.25) is 0 Å². The minimum absolute atomic E-state index is 0.693. The summed E-state index contributed by atoms with van der Waals surface area (Å²) < 4.78 is 6.02. The van der Waals surface area contributed by atoms with Crippen LogP contribution in [0.1, 0.15) is 22.3 Å². The summed E-state index contributed by atoms with van der Waals surface area (Å²) in [5.41, 5.74) is 5.10. The Morgan fingerprint density at radius 2 is 1.52 bits per heavy atom. The van der Waals surface area contributed by atoms with Gasteiger partial charge in [0.2, 0.25) is 0 Å². The molecule has 0 atom stereocenters. The van der Waals surface area contributed by atoms with E-state index in [2.05, 4.69) is 79.0 Å². The van der Waals surface area contributed by atoms with Gasteiger partial charge in [-0.15, -0.1) is 0 Å². The number of hydrogen-bond donors (Lipinski definition) is 1. The maximum Gasteiger partial charge on any atom is 0.123 e. The van der Waals surface area contributed by atoms with Gasteiger partial charge in [0.15, 0.2) is 0 Å². The Morgan fingerprint density at radius 1 is 0.760 bits per heavy atom. The number of rotatable bonds is 8. The fourth-order valence-corrected chi connectivity index (χ4v) is 2.88. The van der Waals surface area contributed by atoms with Crippen molar-refractivity contribution in [3.8, 4) is 5.75 Å². The fraction of sp³-hybridized carbons (Fsp3) is 0.217. The van der Waals surface area contributed by atoms with E-state index in [1.165, 1.54) is 22.3 Å². The van der Waals surface area contributed by atoms with Crippen LogP contribution in [0.25, 0.3) is 0 Å². The van der Waals surface area contributed by atoms with Crippen LogP contribution in [-0.4, -0.2) is 6.61 Å². The van der Waals surface area contributed by atoms with Crippen molar-refractivity contribution in [2.24, 2.45) is 0 Å². The second-order valence-corrected chi connectivity index (χ2v) is 6.28. The molecule has 0 aliphatic rings. The van der Waals surface area contributed by atoms with Gasteiger partial charge in [-0.2, -0.15) is 0 Å². The van der Waals surface area contributed by atoms with Crippen LogP contribution < -0.4 is 10.1 Å². The van der Waals surface area contributed by atoms with Crippen molar-refractivity contribution in [1.29, 1.82) is 0 Å². The van der Waals surface area contributed by atoms with E-state index in [4.69, 9.17) is 4.74 Å². The lowest BCUT2D eigenvalue weighted by molar-refractivity contribution is 0.317. The van der Waals surface area contributed by atoms with Gasteiger partial charge in [0, 0.05) is 25.1 Å². The molecule has 25 heavy (non-hydrogen) atoms. The first-order valence-corrected chi connectivity index (χ1v) is 8.82. The number of para-hydroxylation sites is 1. The summed E-state index contributed by atoms with van der Waals surface area (Å²) in [6.45, 7) is 4.48. The first-order chi connectivity index (χ1) is 12.3. The fourth-order valence-electron chi connectivity index (χ4n) is 2.88. The summed E-state index contributed by atoms with van der Waals surface area (Å²) in [5.74, 6) is 0.968. The van der Waals surface area contributed by atoms with Gasteiger partial charge in [0.25, 0.3) is 0 Å². The van der Waals surface area contributed by atoms with E-state index in [1.807, 2.05) is 12.1 Å². The predicted octanol–water partition coefficient (Wildman–Crippen LogP) is 4.91. The van der Waals surface area contributed by atoms with Crippen molar-refractivity contribution in [2.45, 2.75) is 26.4 Å². The third kappa shape index (κ3) is 5.47. The molecule has 0 saturated heterocycles. The Kier molecular flexibility index (Phi) is 6.24. The van der Waals surface area contributed by atoms with Gasteiger partial charge in [0.1, 0.15) is 5.75 Å². The Bertz CT molecular complexity index is 783. The van der Waals surface area contributed by atoms with Gasteiger partial charge in [-0.05, 0) is 24.1 Å². The Hall–Kier alpha value is -2.58. The molecule has 0 unspecified atom stereocenters. The van der Waals surface area contributed by atoms with Crippen molar-refractivity contribution in [2.75, 3.05) is 6.61 Å². The first-order valence-electron chi connectivity index (χ1n) is 8.82. The molecular weight excluding hydrogens is 306 g/mol. The number of ether oxygens (including phenoxy) is 1. The van der Waals surface area contributed by atoms with Crippen LogP contribution >= 0.6 is 0 Å². The Morgan fingerprint density at radius 3 is 2.36 bits per heavy atom. The lowest BCUT2D eigenvalue weighted by Crippen LogP contribution is -2.14. The topological polar surface area (TPSA) is 21.3 Å². The van der Waals surface area contributed by atoms with Crippen LogP contribution in [0.5, 0.6) is 5.75 Å². The highest BCUT2D eigenvalue weighted by molar-refractivity contribution is 5.33. The van der Waals surface area contributed by atoms with Crippen LogP contribution in [0.4, 0.5) is 0 Å². The normalized spacial score (nSPS) is 10.6. The average molecular weight is 331 g/mol. The second-order valence-electron chi connectivity index (χ2n) is 6.28. The van der Waals surface area contributed by atoms with Crippen molar-refractivity contribution in [1.82, 2.24) is 5.32 Å². The molecule has 3 aromatic rings. The molecule has 1 N–H and O–H groups in total. The monoisotopic (exact) mass is 331 g/mol. The van der Waals surface area contributed by atoms with Crippen LogP contribution in [0, 0.1) is 6.92 Å². The molecule has 0 heterocycles. The minimum atomic E-state index is 0.693. The van der Waals surface area contributed by atoms with E-state index in [0.29, 0.717) is 6.61 Å². The Labute approximate surface area is 150 Å². The van der Waals surface area contributed by atoms with Gasteiger partial charge in [0.05, 0.1) is 6.61 Å². The van der Waals surface area contributed by atoms with Gasteiger partial charge >= 0.3 is 0 Å². The van der Waals surface area contributed by atoms with Crippen molar-refractivity contribution in [3.05, 3.63) is 101 Å². The van der Waals surface area contributed by atoms with E-state index in [1.54, 1.807) is 0 Å². The molecule has 0 radical (unpaired) electrons. The van der Waals surface area contributed by atoms with Crippen LogP contribution in [-0.2, 0) is 19.5 Å². The molecule has 0 bridgehead atoms. The zero-order chi connectivity index (χ0) is 17.3. The zero-order valence-electron chi connectivity index (χ0n) is 14.7. The molecule has 2 heteroatoms. The highest BCUT2D eigenvalue weighted by Gasteiger charge is 2.03. The molecule has 0 amide bonds. The van der Waals surface area contributed by atoms with E-state index >= 15 is 0 Å². The summed E-state index contributed by atoms with van der Waals surface area (Å²) >= 11 is 0. The number of benzene rings is 3. The molecule has 0 aromatic heterocycles. The molecule has 128 valence electrons. The van der Waals surface area contributed by atoms with E-state index in [9.17, 15) is 0 Å². The third-order valence-corrected chi connectivity index (χ3v) is 4.19. The van der Waals surface area contributed by atoms with Gasteiger partial charge in [-0.1, -0.05) is 78.4 Å². The average Bonchev–Trinajstić information content (AvgIpc) is 2.64. The summed E-state index contributed by atoms with van der Waals surface area (Å²) in [5, 5.41) is 3.51. The van der Waals surface area contributed by atoms with Crippen LogP contribution in [0.3, 0.4) is 0 Å². The highest BCUT2D eigenvalue weighted by Crippen LogP contribution is 2.18. The van der Waals surface area contributed by atoms with Crippen LogP contribution in [0.15, 0.2) is 78.9 Å². The van der Waals surface area contributed by atoms with E-state index in [0.717, 1.165) is 25.3 Å². The van der Waals surface area contributed by atoms with E-state index in [-0.39, 0.29) is 0 Å². The maximum atomic E-state index is 6.02. The maximum absolute atomic E-state index is 6.02. The summed E-state index contributed by atoms with van der Waals surface area (Å²) in [6, 6.07) is 27.3. The third-order valence-electron chi connectivity index (χ3n) is 4.19. The largest absolute Gasteiger partial charge is 0.493 e. The quantitative estimate of drug-likeness (QED) is 0.633. The molecule has 3 aromatic carbocycles. The SMILES string of the molecule is Cc1cccc(CNCc2ccccc2OCCc2ccccc2)c1. The van der Waals surface area contributed by atoms with Crippen molar-refractivity contribution in [3.63, 3.8) is 0 Å². The smallest absolute Gasteiger partial charge is 0.123 e. The Balaban J connectivity index is 1.52. The lowest BCUT2D eigenvalue weighted by atomic mass is 10.1. The van der Waals surface area contributed by atoms with Crippen LogP contribution in [0.2, 0.25) is 0 Å². The molecule has 0 fully saturated rings. The predicted molar refractivity (Wildman–Crippen MR) is 104 cm³/mol. The van der Waals surface area contributed by atoms with Crippen molar-refractivity contribution >= 4 is 0 Å². The molecule has 3 rings (SSSR count). The zero-order valence-corrected chi connectivity index (χ0v) is 14.7. The van der Waals surface area contributed by atoms with Gasteiger partial charge in [-0.25, -0.2) is 0 Å². The van der Waals surface area contributed by atoms with E-state index < -0.39 is 0 Å². The second kappa shape index (κ2) is 9.05. The summed E-state index contributed by atoms with van der Waals surface area (Å²) in [7, 11) is 0. The molecule has 2 nitrogen and oxygen atoms in total. The molecular formula is C23H25NO.